The van der Waals surface area contributed by atoms with E-state index in [0.717, 1.165) is 28.0 Å². The Labute approximate surface area is 183 Å². The molecular formula is C21H19ClN2O4S2. The normalized spacial score (nSPS) is 12.0. The molecule has 0 spiro atoms. The Hall–Kier alpha value is -2.68. The Balaban J connectivity index is 1.81. The lowest BCUT2D eigenvalue weighted by Gasteiger charge is -2.11. The number of carbonyl (C=O) groups is 1. The van der Waals surface area contributed by atoms with Gasteiger partial charge in [-0.25, -0.2) is 8.42 Å². The van der Waals surface area contributed by atoms with Crippen molar-refractivity contribution in [1.29, 1.82) is 0 Å². The molecule has 2 N–H and O–H groups in total. The highest BCUT2D eigenvalue weighted by atomic mass is 35.5. The van der Waals surface area contributed by atoms with Gasteiger partial charge in [-0.1, -0.05) is 35.9 Å². The van der Waals surface area contributed by atoms with Gasteiger partial charge in [0, 0.05) is 30.1 Å². The summed E-state index contributed by atoms with van der Waals surface area (Å²) in [5, 5.41) is 8.83. The molecule has 0 radical (unpaired) electrons. The Morgan fingerprint density at radius 1 is 1.13 bits per heavy atom. The fraction of sp³-hybridized carbons (Fsp3) is 0.143. The maximum Gasteiger partial charge on any atom is 0.303 e. The molecule has 0 bridgehead atoms. The van der Waals surface area contributed by atoms with Crippen LogP contribution in [-0.2, 0) is 14.8 Å². The minimum atomic E-state index is -3.70. The maximum atomic E-state index is 12.5. The predicted octanol–water partition coefficient (Wildman–Crippen LogP) is 5.28. The van der Waals surface area contributed by atoms with Gasteiger partial charge >= 0.3 is 5.97 Å². The van der Waals surface area contributed by atoms with Gasteiger partial charge in [-0.15, -0.1) is 11.3 Å². The topological polar surface area (TPSA) is 96.4 Å². The van der Waals surface area contributed by atoms with Crippen LogP contribution >= 0.6 is 22.9 Å². The number of sulfonamides is 1. The minimum absolute atomic E-state index is 0.101. The Kier molecular flexibility index (Phi) is 7.25. The number of hydrogen-bond acceptors (Lipinski definition) is 5. The highest BCUT2D eigenvalue weighted by Gasteiger charge is 2.17. The first kappa shape index (κ1) is 22.0. The molecule has 0 aliphatic heterocycles. The van der Waals surface area contributed by atoms with Crippen molar-refractivity contribution in [3.8, 4) is 0 Å². The van der Waals surface area contributed by atoms with Crippen LogP contribution in [0.5, 0.6) is 0 Å². The van der Waals surface area contributed by atoms with E-state index in [1.54, 1.807) is 30.6 Å². The zero-order valence-electron chi connectivity index (χ0n) is 15.8. The van der Waals surface area contributed by atoms with Gasteiger partial charge in [-0.05, 0) is 54.3 Å². The molecule has 3 rings (SSSR count). The van der Waals surface area contributed by atoms with Crippen LogP contribution in [0.25, 0.3) is 5.57 Å². The Bertz CT molecular complexity index is 1140. The Morgan fingerprint density at radius 3 is 2.50 bits per heavy atom. The lowest BCUT2D eigenvalue weighted by Crippen LogP contribution is -2.11. The molecular weight excluding hydrogens is 444 g/mol. The Morgan fingerprint density at radius 2 is 1.90 bits per heavy atom. The average molecular weight is 463 g/mol. The number of carboxylic acid groups (broad SMARTS) is 1. The number of hydrogen-bond donors (Lipinski definition) is 2. The zero-order chi connectivity index (χ0) is 21.6. The molecule has 0 aliphatic rings. The number of anilines is 1. The number of nitrogens with one attached hydrogen (secondary N) is 1. The van der Waals surface area contributed by atoms with Gasteiger partial charge in [0.15, 0.2) is 0 Å². The number of halogens is 1. The summed E-state index contributed by atoms with van der Waals surface area (Å²) in [5.41, 5.74) is 3.11. The number of nitrogens with zero attached hydrogens (tertiary/aromatic N) is 1. The van der Waals surface area contributed by atoms with Crippen LogP contribution in [-0.4, -0.2) is 24.5 Å². The van der Waals surface area contributed by atoms with Gasteiger partial charge in [0.1, 0.15) is 4.21 Å². The molecule has 0 fully saturated rings. The van der Waals surface area contributed by atoms with Crippen LogP contribution in [0, 0.1) is 0 Å². The number of carboxylic acids is 1. The van der Waals surface area contributed by atoms with Gasteiger partial charge in [-0.3, -0.25) is 14.5 Å². The molecule has 0 unspecified atom stereocenters. The van der Waals surface area contributed by atoms with E-state index in [2.05, 4.69) is 9.71 Å². The fourth-order valence-corrected chi connectivity index (χ4v) is 5.33. The van der Waals surface area contributed by atoms with Crippen LogP contribution in [0.1, 0.15) is 30.4 Å². The molecule has 0 aliphatic carbocycles. The van der Waals surface area contributed by atoms with E-state index in [1.165, 1.54) is 6.07 Å². The van der Waals surface area contributed by atoms with E-state index in [9.17, 15) is 13.2 Å². The number of unbranched alkanes of at least 4 members (excludes halogenated alkanes) is 1. The number of pyridine rings is 1. The predicted molar refractivity (Wildman–Crippen MR) is 119 cm³/mol. The standard InChI is InChI=1S/C21H19ClN2O4S2/c22-19-11-12-21(29-19)30(27,28)24-17-9-7-15(8-10-17)18(5-1-2-6-20(25)26)16-4-3-13-23-14-16/h3-5,7-14,24H,1-2,6H2,(H,25,26)/b18-5+. The first-order chi connectivity index (χ1) is 14.3. The third kappa shape index (κ3) is 5.91. The summed E-state index contributed by atoms with van der Waals surface area (Å²) in [5.74, 6) is -0.824. The van der Waals surface area contributed by atoms with E-state index in [1.807, 2.05) is 30.3 Å². The smallest absolute Gasteiger partial charge is 0.303 e. The molecule has 2 heterocycles. The van der Waals surface area contributed by atoms with E-state index in [4.69, 9.17) is 16.7 Å². The van der Waals surface area contributed by atoms with Gasteiger partial charge < -0.3 is 5.11 Å². The lowest BCUT2D eigenvalue weighted by atomic mass is 9.97. The molecule has 0 atom stereocenters. The fourth-order valence-electron chi connectivity index (χ4n) is 2.79. The third-order valence-corrected chi connectivity index (χ3v) is 7.28. The quantitative estimate of drug-likeness (QED) is 0.421. The molecule has 156 valence electrons. The lowest BCUT2D eigenvalue weighted by molar-refractivity contribution is -0.137. The molecule has 9 heteroatoms. The van der Waals surface area contributed by atoms with Crippen LogP contribution in [0.2, 0.25) is 4.34 Å². The molecule has 6 nitrogen and oxygen atoms in total. The number of benzene rings is 1. The summed E-state index contributed by atoms with van der Waals surface area (Å²) in [6.45, 7) is 0. The SMILES string of the molecule is O=C(O)CCC/C=C(\c1ccc(NS(=O)(=O)c2ccc(Cl)s2)cc1)c1cccnc1. The van der Waals surface area contributed by atoms with Crippen molar-refractivity contribution in [3.63, 3.8) is 0 Å². The van der Waals surface area contributed by atoms with Crippen molar-refractivity contribution in [3.05, 3.63) is 82.5 Å². The van der Waals surface area contributed by atoms with E-state index in [0.29, 0.717) is 22.9 Å². The average Bonchev–Trinajstić information content (AvgIpc) is 3.17. The second-order valence-electron chi connectivity index (χ2n) is 6.39. The molecule has 2 aromatic heterocycles. The maximum absolute atomic E-state index is 12.5. The third-order valence-electron chi connectivity index (χ3n) is 4.18. The van der Waals surface area contributed by atoms with E-state index in [-0.39, 0.29) is 10.6 Å². The first-order valence-electron chi connectivity index (χ1n) is 9.06. The second kappa shape index (κ2) is 9.88. The molecule has 0 saturated heterocycles. The van der Waals surface area contributed by atoms with Gasteiger partial charge in [-0.2, -0.15) is 0 Å². The van der Waals surface area contributed by atoms with Crippen LogP contribution in [0.3, 0.4) is 0 Å². The van der Waals surface area contributed by atoms with Crippen molar-refractivity contribution < 1.29 is 18.3 Å². The summed E-state index contributed by atoms with van der Waals surface area (Å²) < 4.78 is 28.0. The van der Waals surface area contributed by atoms with Crippen LogP contribution < -0.4 is 4.72 Å². The summed E-state index contributed by atoms with van der Waals surface area (Å²) in [6.07, 6.45) is 6.63. The van der Waals surface area contributed by atoms with E-state index >= 15 is 0 Å². The molecule has 0 amide bonds. The number of thiophene rings is 1. The van der Waals surface area contributed by atoms with E-state index < -0.39 is 16.0 Å². The highest BCUT2D eigenvalue weighted by molar-refractivity contribution is 7.94. The largest absolute Gasteiger partial charge is 0.481 e. The summed E-state index contributed by atoms with van der Waals surface area (Å²) in [4.78, 5) is 14.9. The molecule has 30 heavy (non-hydrogen) atoms. The van der Waals surface area contributed by atoms with Crippen molar-refractivity contribution in [1.82, 2.24) is 4.98 Å². The van der Waals surface area contributed by atoms with Crippen molar-refractivity contribution >= 4 is 50.2 Å². The number of aromatic nitrogens is 1. The van der Waals surface area contributed by atoms with Gasteiger partial charge in [0.05, 0.1) is 4.34 Å². The zero-order valence-corrected chi connectivity index (χ0v) is 18.2. The minimum Gasteiger partial charge on any atom is -0.481 e. The summed E-state index contributed by atoms with van der Waals surface area (Å²) in [7, 11) is -3.70. The van der Waals surface area contributed by atoms with Crippen LogP contribution in [0.15, 0.2) is 71.2 Å². The summed E-state index contributed by atoms with van der Waals surface area (Å²) in [6, 6.07) is 13.8. The van der Waals surface area contributed by atoms with Crippen LogP contribution in [0.4, 0.5) is 5.69 Å². The second-order valence-corrected chi connectivity index (χ2v) is 10.0. The monoisotopic (exact) mass is 462 g/mol. The number of allylic oxidation sites excluding steroid dienone is 1. The van der Waals surface area contributed by atoms with Gasteiger partial charge in [0.2, 0.25) is 0 Å². The molecule has 1 aromatic carbocycles. The molecule has 3 aromatic rings. The first-order valence-corrected chi connectivity index (χ1v) is 11.7. The van der Waals surface area contributed by atoms with Crippen molar-refractivity contribution in [2.24, 2.45) is 0 Å². The highest BCUT2D eigenvalue weighted by Crippen LogP contribution is 2.29. The molecule has 0 saturated carbocycles. The number of aliphatic carboxylic acids is 1. The summed E-state index contributed by atoms with van der Waals surface area (Å²) >= 11 is 6.82. The van der Waals surface area contributed by atoms with Gasteiger partial charge in [0.25, 0.3) is 10.0 Å². The van der Waals surface area contributed by atoms with Crippen molar-refractivity contribution in [2.75, 3.05) is 4.72 Å². The van der Waals surface area contributed by atoms with Crippen molar-refractivity contribution in [2.45, 2.75) is 23.5 Å². The number of rotatable bonds is 9.